The van der Waals surface area contributed by atoms with E-state index < -0.39 is 11.5 Å². The zero-order valence-electron chi connectivity index (χ0n) is 12.1. The Morgan fingerprint density at radius 3 is 2.74 bits per heavy atom. The van der Waals surface area contributed by atoms with Gasteiger partial charge in [0, 0.05) is 25.4 Å². The highest BCUT2D eigenvalue weighted by atomic mass is 16.4. The molecule has 0 amide bonds. The lowest BCUT2D eigenvalue weighted by Gasteiger charge is -2.29. The first-order valence-corrected chi connectivity index (χ1v) is 7.08. The maximum atomic E-state index is 11.5. The summed E-state index contributed by atoms with van der Waals surface area (Å²) in [7, 11) is 0. The molecule has 1 aromatic heterocycles. The van der Waals surface area contributed by atoms with Crippen molar-refractivity contribution in [2.45, 2.75) is 58.5 Å². The standard InChI is InChI=1S/C14H25N3O2/c1-4-12-15-9-11-17(12)10-7-8-14(5-2,13(18)19)16-6-3/h9,11,16H,4-8,10H2,1-3H3,(H,18,19). The minimum Gasteiger partial charge on any atom is -0.480 e. The molecule has 0 fully saturated rings. The molecule has 0 saturated carbocycles. The number of nitrogens with zero attached hydrogens (tertiary/aromatic N) is 2. The second kappa shape index (κ2) is 7.28. The maximum absolute atomic E-state index is 11.5. The fraction of sp³-hybridized carbons (Fsp3) is 0.714. The lowest BCUT2D eigenvalue weighted by Crippen LogP contribution is -2.51. The molecule has 0 spiro atoms. The van der Waals surface area contributed by atoms with Crippen molar-refractivity contribution in [2.75, 3.05) is 6.54 Å². The quantitative estimate of drug-likeness (QED) is 0.719. The van der Waals surface area contributed by atoms with Crippen LogP contribution < -0.4 is 5.32 Å². The van der Waals surface area contributed by atoms with Gasteiger partial charge in [-0.05, 0) is 25.8 Å². The van der Waals surface area contributed by atoms with Gasteiger partial charge in [0.2, 0.25) is 0 Å². The second-order valence-electron chi connectivity index (χ2n) is 4.77. The average molecular weight is 267 g/mol. The number of aryl methyl sites for hydroxylation is 2. The number of hydrogen-bond acceptors (Lipinski definition) is 3. The summed E-state index contributed by atoms with van der Waals surface area (Å²) in [6.45, 7) is 7.43. The molecular formula is C14H25N3O2. The monoisotopic (exact) mass is 267 g/mol. The normalized spacial score (nSPS) is 14.3. The smallest absolute Gasteiger partial charge is 0.323 e. The summed E-state index contributed by atoms with van der Waals surface area (Å²) >= 11 is 0. The highest BCUT2D eigenvalue weighted by Gasteiger charge is 2.34. The number of carboxylic acids is 1. The van der Waals surface area contributed by atoms with Gasteiger partial charge >= 0.3 is 5.97 Å². The Bertz CT molecular complexity index is 403. The van der Waals surface area contributed by atoms with Crippen LogP contribution in [-0.4, -0.2) is 32.7 Å². The highest BCUT2D eigenvalue weighted by Crippen LogP contribution is 2.19. The van der Waals surface area contributed by atoms with Crippen LogP contribution in [0.1, 0.15) is 45.9 Å². The van der Waals surface area contributed by atoms with E-state index >= 15 is 0 Å². The van der Waals surface area contributed by atoms with Crippen LogP contribution in [0, 0.1) is 0 Å². The van der Waals surface area contributed by atoms with Crippen molar-refractivity contribution >= 4 is 5.97 Å². The van der Waals surface area contributed by atoms with Gasteiger partial charge in [0.15, 0.2) is 0 Å². The summed E-state index contributed by atoms with van der Waals surface area (Å²) in [5.41, 5.74) is -0.790. The number of rotatable bonds is 9. The topological polar surface area (TPSA) is 67.2 Å². The summed E-state index contributed by atoms with van der Waals surface area (Å²) in [4.78, 5) is 15.7. The van der Waals surface area contributed by atoms with Gasteiger partial charge in [-0.1, -0.05) is 20.8 Å². The van der Waals surface area contributed by atoms with E-state index in [1.807, 2.05) is 20.0 Å². The molecule has 1 rings (SSSR count). The third-order valence-electron chi connectivity index (χ3n) is 3.65. The lowest BCUT2D eigenvalue weighted by atomic mass is 9.90. The van der Waals surface area contributed by atoms with Crippen molar-refractivity contribution in [1.29, 1.82) is 0 Å². The van der Waals surface area contributed by atoms with Crippen molar-refractivity contribution in [3.8, 4) is 0 Å². The number of aliphatic carboxylic acids is 1. The van der Waals surface area contributed by atoms with E-state index in [9.17, 15) is 9.90 Å². The molecule has 1 heterocycles. The first-order chi connectivity index (χ1) is 9.09. The molecule has 19 heavy (non-hydrogen) atoms. The van der Waals surface area contributed by atoms with Gasteiger partial charge in [0.1, 0.15) is 11.4 Å². The molecule has 1 aromatic rings. The van der Waals surface area contributed by atoms with E-state index in [1.165, 1.54) is 0 Å². The SMILES string of the molecule is CCNC(CC)(CCCn1ccnc1CC)C(=O)O. The van der Waals surface area contributed by atoms with Crippen LogP contribution in [-0.2, 0) is 17.8 Å². The summed E-state index contributed by atoms with van der Waals surface area (Å²) in [5, 5.41) is 12.6. The number of carbonyl (C=O) groups is 1. The van der Waals surface area contributed by atoms with Gasteiger partial charge in [-0.2, -0.15) is 0 Å². The molecule has 5 nitrogen and oxygen atoms in total. The van der Waals surface area contributed by atoms with Crippen LogP contribution >= 0.6 is 0 Å². The summed E-state index contributed by atoms with van der Waals surface area (Å²) in [6.07, 6.45) is 6.72. The zero-order chi connectivity index (χ0) is 14.3. The van der Waals surface area contributed by atoms with Crippen LogP contribution in [0.2, 0.25) is 0 Å². The molecule has 1 unspecified atom stereocenters. The van der Waals surface area contributed by atoms with Crippen LogP contribution in [0.4, 0.5) is 0 Å². The molecule has 0 bridgehead atoms. The number of aromatic nitrogens is 2. The predicted octanol–water partition coefficient (Wildman–Crippen LogP) is 2.07. The minimum absolute atomic E-state index is 0.598. The lowest BCUT2D eigenvalue weighted by molar-refractivity contribution is -0.145. The Hall–Kier alpha value is -1.36. The molecule has 0 aliphatic rings. The van der Waals surface area contributed by atoms with Gasteiger partial charge in [-0.3, -0.25) is 4.79 Å². The van der Waals surface area contributed by atoms with Crippen LogP contribution in [0.25, 0.3) is 0 Å². The van der Waals surface area contributed by atoms with Crippen molar-refractivity contribution in [3.05, 3.63) is 18.2 Å². The number of hydrogen-bond donors (Lipinski definition) is 2. The average Bonchev–Trinajstić information content (AvgIpc) is 2.84. The largest absolute Gasteiger partial charge is 0.480 e. The van der Waals surface area contributed by atoms with Crippen LogP contribution in [0.15, 0.2) is 12.4 Å². The molecule has 0 aromatic carbocycles. The van der Waals surface area contributed by atoms with Crippen molar-refractivity contribution in [3.63, 3.8) is 0 Å². The Morgan fingerprint density at radius 1 is 1.47 bits per heavy atom. The van der Waals surface area contributed by atoms with Gasteiger partial charge in [0.05, 0.1) is 0 Å². The van der Waals surface area contributed by atoms with Crippen molar-refractivity contribution in [1.82, 2.24) is 14.9 Å². The molecular weight excluding hydrogens is 242 g/mol. The summed E-state index contributed by atoms with van der Waals surface area (Å²) in [6, 6.07) is 0. The van der Waals surface area contributed by atoms with Crippen LogP contribution in [0.3, 0.4) is 0 Å². The number of nitrogens with one attached hydrogen (secondary N) is 1. The first kappa shape index (κ1) is 15.7. The molecule has 108 valence electrons. The molecule has 0 radical (unpaired) electrons. The van der Waals surface area contributed by atoms with E-state index in [0.29, 0.717) is 19.4 Å². The Balaban J connectivity index is 2.60. The molecule has 0 saturated heterocycles. The van der Waals surface area contributed by atoms with E-state index in [2.05, 4.69) is 21.8 Å². The Kier molecular flexibility index (Phi) is 6.02. The molecule has 5 heteroatoms. The van der Waals surface area contributed by atoms with E-state index in [0.717, 1.165) is 25.2 Å². The third kappa shape index (κ3) is 3.80. The highest BCUT2D eigenvalue weighted by molar-refractivity contribution is 5.78. The fourth-order valence-corrected chi connectivity index (χ4v) is 2.47. The molecule has 0 aliphatic carbocycles. The molecule has 0 aliphatic heterocycles. The van der Waals surface area contributed by atoms with Gasteiger partial charge in [-0.15, -0.1) is 0 Å². The van der Waals surface area contributed by atoms with Gasteiger partial charge < -0.3 is 15.0 Å². The van der Waals surface area contributed by atoms with E-state index in [1.54, 1.807) is 6.20 Å². The van der Waals surface area contributed by atoms with Crippen molar-refractivity contribution < 1.29 is 9.90 Å². The zero-order valence-corrected chi connectivity index (χ0v) is 12.1. The maximum Gasteiger partial charge on any atom is 0.323 e. The Labute approximate surface area is 115 Å². The summed E-state index contributed by atoms with van der Waals surface area (Å²) < 4.78 is 2.11. The fourth-order valence-electron chi connectivity index (χ4n) is 2.47. The Morgan fingerprint density at radius 2 is 2.21 bits per heavy atom. The van der Waals surface area contributed by atoms with Crippen molar-refractivity contribution in [2.24, 2.45) is 0 Å². The molecule has 1 atom stereocenters. The predicted molar refractivity (Wildman–Crippen MR) is 75.2 cm³/mol. The van der Waals surface area contributed by atoms with E-state index in [4.69, 9.17) is 0 Å². The second-order valence-corrected chi connectivity index (χ2v) is 4.77. The van der Waals surface area contributed by atoms with Gasteiger partial charge in [-0.25, -0.2) is 4.98 Å². The number of likely N-dealkylation sites (N-methyl/N-ethyl adjacent to an activating group) is 1. The summed E-state index contributed by atoms with van der Waals surface area (Å²) in [5.74, 6) is 0.305. The first-order valence-electron chi connectivity index (χ1n) is 7.08. The van der Waals surface area contributed by atoms with Gasteiger partial charge in [0.25, 0.3) is 0 Å². The third-order valence-corrected chi connectivity index (χ3v) is 3.65. The van der Waals surface area contributed by atoms with E-state index in [-0.39, 0.29) is 0 Å². The van der Waals surface area contributed by atoms with Crippen LogP contribution in [0.5, 0.6) is 0 Å². The minimum atomic E-state index is -0.790. The number of carboxylic acid groups (broad SMARTS) is 1. The number of imidazole rings is 1. The molecule has 2 N–H and O–H groups in total.